The first-order valence-corrected chi connectivity index (χ1v) is 11.1. The number of rotatable bonds is 6. The van der Waals surface area contributed by atoms with E-state index in [4.69, 9.17) is 18.9 Å². The number of thiazole rings is 1. The second kappa shape index (κ2) is 8.99. The molecule has 0 amide bonds. The molecule has 0 radical (unpaired) electrons. The molecule has 0 spiro atoms. The Morgan fingerprint density at radius 1 is 1.00 bits per heavy atom. The fourth-order valence-corrected chi connectivity index (χ4v) is 4.58. The third-order valence-electron chi connectivity index (χ3n) is 5.33. The summed E-state index contributed by atoms with van der Waals surface area (Å²) in [4.78, 5) is 5.29. The number of benzene rings is 3. The maximum absolute atomic E-state index is 14.4. The summed E-state index contributed by atoms with van der Waals surface area (Å²) in [5, 5.41) is 2.00. The molecular formula is C25H21FN2O4S. The maximum Gasteiger partial charge on any atom is 0.231 e. The number of nitrogens with zero attached hydrogens (tertiary/aromatic N) is 2. The zero-order chi connectivity index (χ0) is 22.8. The van der Waals surface area contributed by atoms with Crippen LogP contribution in [0, 0.1) is 5.82 Å². The normalized spacial score (nSPS) is 12.8. The highest BCUT2D eigenvalue weighted by molar-refractivity contribution is 7.07. The molecule has 0 N–H and O–H groups in total. The average molecular weight is 465 g/mol. The summed E-state index contributed by atoms with van der Waals surface area (Å²) >= 11 is 1.44. The highest BCUT2D eigenvalue weighted by atomic mass is 32.1. The van der Waals surface area contributed by atoms with E-state index in [1.807, 2.05) is 46.3 Å². The van der Waals surface area contributed by atoms with Gasteiger partial charge in [-0.1, -0.05) is 18.2 Å². The number of halogens is 1. The van der Waals surface area contributed by atoms with Crippen LogP contribution in [-0.2, 0) is 6.54 Å². The van der Waals surface area contributed by atoms with Crippen molar-refractivity contribution in [3.05, 3.63) is 82.2 Å². The lowest BCUT2D eigenvalue weighted by Gasteiger charge is -2.14. The first-order chi connectivity index (χ1) is 16.2. The monoisotopic (exact) mass is 464 g/mol. The van der Waals surface area contributed by atoms with Crippen LogP contribution in [0.15, 0.2) is 71.0 Å². The largest absolute Gasteiger partial charge is 0.497 e. The third-order valence-corrected chi connectivity index (χ3v) is 6.19. The summed E-state index contributed by atoms with van der Waals surface area (Å²) in [5.41, 5.74) is 3.06. The molecule has 6 nitrogen and oxygen atoms in total. The van der Waals surface area contributed by atoms with E-state index in [0.29, 0.717) is 28.6 Å². The van der Waals surface area contributed by atoms with Crippen molar-refractivity contribution in [1.29, 1.82) is 0 Å². The minimum Gasteiger partial charge on any atom is -0.497 e. The molecule has 8 heteroatoms. The molecule has 168 valence electrons. The van der Waals surface area contributed by atoms with Crippen molar-refractivity contribution in [3.63, 3.8) is 0 Å². The Bertz CT molecular complexity index is 1380. The summed E-state index contributed by atoms with van der Waals surface area (Å²) in [6.07, 6.45) is 0. The minimum atomic E-state index is -0.371. The van der Waals surface area contributed by atoms with Gasteiger partial charge < -0.3 is 23.5 Å². The quantitative estimate of drug-likeness (QED) is 0.384. The summed E-state index contributed by atoms with van der Waals surface area (Å²) in [6.45, 7) is 0.713. The van der Waals surface area contributed by atoms with Crippen LogP contribution in [0.3, 0.4) is 0 Å². The molecule has 5 rings (SSSR count). The topological polar surface area (TPSA) is 54.2 Å². The van der Waals surface area contributed by atoms with E-state index in [1.54, 1.807) is 32.4 Å². The summed E-state index contributed by atoms with van der Waals surface area (Å²) in [7, 11) is 3.24. The molecule has 0 saturated carbocycles. The second-order valence-corrected chi connectivity index (χ2v) is 8.14. The Labute approximate surface area is 194 Å². The summed E-state index contributed by atoms with van der Waals surface area (Å²) < 4.78 is 38.4. The summed E-state index contributed by atoms with van der Waals surface area (Å²) in [5.74, 6) is 2.43. The van der Waals surface area contributed by atoms with Gasteiger partial charge in [-0.15, -0.1) is 11.3 Å². The number of para-hydroxylation sites is 1. The lowest BCUT2D eigenvalue weighted by atomic mass is 10.1. The van der Waals surface area contributed by atoms with E-state index in [9.17, 15) is 4.39 Å². The van der Waals surface area contributed by atoms with E-state index in [0.717, 1.165) is 22.6 Å². The number of fused-ring (bicyclic) bond motifs is 1. The van der Waals surface area contributed by atoms with Crippen molar-refractivity contribution < 1.29 is 23.3 Å². The van der Waals surface area contributed by atoms with Gasteiger partial charge in [-0.2, -0.15) is 0 Å². The highest BCUT2D eigenvalue weighted by Crippen LogP contribution is 2.36. The molecule has 33 heavy (non-hydrogen) atoms. The Kier molecular flexibility index (Phi) is 5.75. The molecule has 1 aliphatic heterocycles. The zero-order valence-corrected chi connectivity index (χ0v) is 18.9. The molecule has 1 aromatic heterocycles. The van der Waals surface area contributed by atoms with E-state index in [1.165, 1.54) is 17.4 Å². The van der Waals surface area contributed by atoms with E-state index >= 15 is 0 Å². The van der Waals surface area contributed by atoms with Crippen molar-refractivity contribution in [1.82, 2.24) is 4.57 Å². The maximum atomic E-state index is 14.4. The van der Waals surface area contributed by atoms with Crippen LogP contribution in [0.4, 0.5) is 10.1 Å². The molecule has 3 aromatic carbocycles. The molecular weight excluding hydrogens is 443 g/mol. The predicted molar refractivity (Wildman–Crippen MR) is 124 cm³/mol. The van der Waals surface area contributed by atoms with Gasteiger partial charge in [-0.05, 0) is 42.0 Å². The van der Waals surface area contributed by atoms with Gasteiger partial charge in [0, 0.05) is 17.0 Å². The van der Waals surface area contributed by atoms with Crippen LogP contribution in [0.2, 0.25) is 0 Å². The summed E-state index contributed by atoms with van der Waals surface area (Å²) in [6, 6.07) is 18.0. The van der Waals surface area contributed by atoms with Crippen molar-refractivity contribution in [2.24, 2.45) is 4.99 Å². The molecule has 0 atom stereocenters. The Hall–Kier alpha value is -3.78. The van der Waals surface area contributed by atoms with Crippen molar-refractivity contribution in [2.45, 2.75) is 6.54 Å². The smallest absolute Gasteiger partial charge is 0.231 e. The Morgan fingerprint density at radius 3 is 2.67 bits per heavy atom. The van der Waals surface area contributed by atoms with Crippen LogP contribution in [-0.4, -0.2) is 25.6 Å². The Morgan fingerprint density at radius 2 is 1.85 bits per heavy atom. The number of hydrogen-bond acceptors (Lipinski definition) is 6. The molecule has 0 bridgehead atoms. The van der Waals surface area contributed by atoms with E-state index in [-0.39, 0.29) is 18.3 Å². The second-order valence-electron chi connectivity index (χ2n) is 7.31. The van der Waals surface area contributed by atoms with Gasteiger partial charge in [0.15, 0.2) is 16.3 Å². The van der Waals surface area contributed by atoms with E-state index < -0.39 is 0 Å². The standard InChI is InChI=1S/C25H21FN2O4S/c1-29-17-8-9-18(23(12-17)30-2)21-14-33-25(27-20-6-4-3-5-19(20)26)28(21)13-16-7-10-22-24(11-16)32-15-31-22/h3-12,14H,13,15H2,1-2H3. The number of hydrogen-bond donors (Lipinski definition) is 0. The number of aromatic nitrogens is 1. The zero-order valence-electron chi connectivity index (χ0n) is 18.1. The first-order valence-electron chi connectivity index (χ1n) is 10.2. The SMILES string of the molecule is COc1ccc(-c2csc(=Nc3ccccc3F)n2Cc2ccc3c(c2)OCO3)c(OC)c1. The first kappa shape index (κ1) is 21.1. The highest BCUT2D eigenvalue weighted by Gasteiger charge is 2.17. The molecule has 4 aromatic rings. The van der Waals surface area contributed by atoms with Crippen LogP contribution in [0.25, 0.3) is 11.3 Å². The van der Waals surface area contributed by atoms with Crippen molar-refractivity contribution in [2.75, 3.05) is 21.0 Å². The number of methoxy groups -OCH3 is 2. The fourth-order valence-electron chi connectivity index (χ4n) is 3.66. The fraction of sp³-hybridized carbons (Fsp3) is 0.160. The van der Waals surface area contributed by atoms with Crippen LogP contribution >= 0.6 is 11.3 Å². The predicted octanol–water partition coefficient (Wildman–Crippen LogP) is 5.38. The van der Waals surface area contributed by atoms with Gasteiger partial charge in [0.05, 0.1) is 26.5 Å². The van der Waals surface area contributed by atoms with Gasteiger partial charge in [0.25, 0.3) is 0 Å². The lowest BCUT2D eigenvalue weighted by Crippen LogP contribution is -2.17. The lowest BCUT2D eigenvalue weighted by molar-refractivity contribution is 0.174. The van der Waals surface area contributed by atoms with Crippen molar-refractivity contribution in [3.8, 4) is 34.3 Å². The van der Waals surface area contributed by atoms with Crippen LogP contribution in [0.1, 0.15) is 5.56 Å². The average Bonchev–Trinajstić information content (AvgIpc) is 3.47. The van der Waals surface area contributed by atoms with Crippen LogP contribution < -0.4 is 23.7 Å². The van der Waals surface area contributed by atoms with Crippen LogP contribution in [0.5, 0.6) is 23.0 Å². The molecule has 2 heterocycles. The molecule has 0 saturated heterocycles. The third kappa shape index (κ3) is 4.17. The molecule has 1 aliphatic rings. The van der Waals surface area contributed by atoms with Gasteiger partial charge >= 0.3 is 0 Å². The van der Waals surface area contributed by atoms with E-state index in [2.05, 4.69) is 4.99 Å². The molecule has 0 unspecified atom stereocenters. The van der Waals surface area contributed by atoms with Gasteiger partial charge in [0.2, 0.25) is 6.79 Å². The number of ether oxygens (including phenoxy) is 4. The van der Waals surface area contributed by atoms with Gasteiger partial charge in [-0.3, -0.25) is 0 Å². The Balaban J connectivity index is 1.66. The molecule has 0 aliphatic carbocycles. The van der Waals surface area contributed by atoms with Gasteiger partial charge in [-0.25, -0.2) is 9.38 Å². The van der Waals surface area contributed by atoms with Crippen molar-refractivity contribution >= 4 is 17.0 Å². The van der Waals surface area contributed by atoms with Gasteiger partial charge in [0.1, 0.15) is 23.0 Å². The molecule has 0 fully saturated rings. The minimum absolute atomic E-state index is 0.215.